The van der Waals surface area contributed by atoms with Gasteiger partial charge in [-0.3, -0.25) is 0 Å². The van der Waals surface area contributed by atoms with Crippen LogP contribution in [0.5, 0.6) is 0 Å². The summed E-state index contributed by atoms with van der Waals surface area (Å²) in [6, 6.07) is 33.3. The van der Waals surface area contributed by atoms with E-state index in [0.29, 0.717) is 0 Å². The molecule has 0 bridgehead atoms. The molecule has 4 aromatic carbocycles. The van der Waals surface area contributed by atoms with Gasteiger partial charge in [-0.2, -0.15) is 0 Å². The van der Waals surface area contributed by atoms with Crippen LogP contribution in [0.25, 0.3) is 0 Å². The molecule has 0 N–H and O–H groups in total. The third-order valence-electron chi connectivity index (χ3n) is 15.9. The third-order valence-corrected chi connectivity index (χ3v) is 35.3. The van der Waals surface area contributed by atoms with Gasteiger partial charge in [0.2, 0.25) is 0 Å². The van der Waals surface area contributed by atoms with Crippen molar-refractivity contribution in [2.45, 2.75) is 151 Å². The molecule has 60 heavy (non-hydrogen) atoms. The van der Waals surface area contributed by atoms with Gasteiger partial charge in [0.05, 0.1) is 0 Å². The summed E-state index contributed by atoms with van der Waals surface area (Å²) in [6.07, 6.45) is 0. The van der Waals surface area contributed by atoms with E-state index >= 15 is 0 Å². The van der Waals surface area contributed by atoms with E-state index in [4.69, 9.17) is 0 Å². The zero-order valence-corrected chi connectivity index (χ0v) is 47.2. The van der Waals surface area contributed by atoms with Crippen molar-refractivity contribution >= 4 is 36.9 Å². The number of hydrogen-bond donors (Lipinski definition) is 0. The second-order valence-electron chi connectivity index (χ2n) is 21.9. The Labute approximate surface area is 377 Å². The Morgan fingerprint density at radius 2 is 0.750 bits per heavy atom. The number of rotatable bonds is 8. The van der Waals surface area contributed by atoms with Crippen molar-refractivity contribution in [1.29, 1.82) is 0 Å². The van der Waals surface area contributed by atoms with Crippen LogP contribution >= 0.6 is 0 Å². The van der Waals surface area contributed by atoms with Gasteiger partial charge in [0, 0.05) is 0 Å². The molecule has 4 heteroatoms. The van der Waals surface area contributed by atoms with Crippen LogP contribution in [-0.2, 0) is 33.2 Å². The van der Waals surface area contributed by atoms with Crippen molar-refractivity contribution in [3.05, 3.63) is 160 Å². The van der Waals surface area contributed by atoms with Crippen LogP contribution < -0.4 is 20.7 Å². The van der Waals surface area contributed by atoms with Gasteiger partial charge in [-0.25, -0.2) is 0 Å². The van der Waals surface area contributed by atoms with E-state index in [1.807, 2.05) is 7.76 Å². The molecule has 4 atom stereocenters. The van der Waals surface area contributed by atoms with Crippen molar-refractivity contribution in [1.82, 2.24) is 0 Å². The maximum absolute atomic E-state index is 2.66. The summed E-state index contributed by atoms with van der Waals surface area (Å²) in [7, 11) is -4.36. The molecule has 2 aliphatic rings. The van der Waals surface area contributed by atoms with Crippen LogP contribution in [-0.4, -0.2) is 16.1 Å². The molecule has 2 aliphatic carbocycles. The molecule has 4 aromatic rings. The Balaban J connectivity index is 0.000000228. The summed E-state index contributed by atoms with van der Waals surface area (Å²) in [5.74, 6) is 0. The van der Waals surface area contributed by atoms with Gasteiger partial charge in [0.15, 0.2) is 0 Å². The Bertz CT molecular complexity index is 2440. The zero-order valence-electron chi connectivity index (χ0n) is 42.1. The molecule has 0 aromatic heterocycles. The second kappa shape index (κ2) is 17.0. The molecule has 320 valence electrons. The first-order valence-corrected chi connectivity index (χ1v) is 38.5. The normalized spacial score (nSPS) is 22.0. The fourth-order valence-corrected chi connectivity index (χ4v) is 38.0. The third kappa shape index (κ3) is 7.96. The first-order chi connectivity index (χ1) is 27.5. The van der Waals surface area contributed by atoms with E-state index in [1.54, 1.807) is 54.2 Å². The molecular weight excluding hydrogens is 825 g/mol. The van der Waals surface area contributed by atoms with Crippen LogP contribution in [0.4, 0.5) is 0 Å². The quantitative estimate of drug-likeness (QED) is 0.155. The average Bonchev–Trinajstić information content (AvgIpc) is 3.44. The summed E-state index contributed by atoms with van der Waals surface area (Å²) in [5, 5.41) is 22.1. The topological polar surface area (TPSA) is 0 Å². The van der Waals surface area contributed by atoms with E-state index in [-0.39, 0.29) is 10.1 Å². The molecule has 0 heterocycles. The van der Waals surface area contributed by atoms with Gasteiger partial charge in [0.25, 0.3) is 0 Å². The summed E-state index contributed by atoms with van der Waals surface area (Å²) in [4.78, 5) is 0. The summed E-state index contributed by atoms with van der Waals surface area (Å²) in [6.45, 7) is 38.6. The molecule has 0 amide bonds. The summed E-state index contributed by atoms with van der Waals surface area (Å²) < 4.78 is 3.65. The first kappa shape index (κ1) is 48.7. The van der Waals surface area contributed by atoms with Crippen LogP contribution in [0.3, 0.4) is 0 Å². The molecule has 0 fully saturated rings. The van der Waals surface area contributed by atoms with Crippen molar-refractivity contribution in [3.63, 3.8) is 0 Å². The second-order valence-corrected chi connectivity index (χ2v) is 46.3. The first-order valence-electron chi connectivity index (χ1n) is 22.6. The van der Waals surface area contributed by atoms with E-state index in [0.717, 1.165) is 0 Å². The Morgan fingerprint density at radius 3 is 1.13 bits per heavy atom. The van der Waals surface area contributed by atoms with Crippen molar-refractivity contribution in [2.24, 2.45) is 0 Å². The molecule has 4 unspecified atom stereocenters. The zero-order chi connectivity index (χ0) is 45.3. The van der Waals surface area contributed by atoms with Gasteiger partial charge >= 0.3 is 381 Å². The Hall–Kier alpha value is -2.30. The predicted molar refractivity (Wildman–Crippen MR) is 270 cm³/mol. The van der Waals surface area contributed by atoms with Crippen molar-refractivity contribution in [2.75, 3.05) is 0 Å². The number of aryl methyl sites for hydroxylation is 6. The van der Waals surface area contributed by atoms with Gasteiger partial charge in [-0.15, -0.1) is 0 Å². The summed E-state index contributed by atoms with van der Waals surface area (Å²) in [5.41, 5.74) is 17.9. The van der Waals surface area contributed by atoms with Crippen LogP contribution in [0.15, 0.2) is 126 Å². The van der Waals surface area contributed by atoms with Crippen LogP contribution in [0.1, 0.15) is 88.8 Å². The molecular formula is C56H80Si2Ti2. The Morgan fingerprint density at radius 1 is 0.383 bits per heavy atom. The molecule has 0 spiro atoms. The monoisotopic (exact) mass is 904 g/mol. The van der Waals surface area contributed by atoms with Gasteiger partial charge in [-0.1, -0.05) is 0 Å². The average molecular weight is 905 g/mol. The molecule has 6 rings (SSSR count). The van der Waals surface area contributed by atoms with Crippen LogP contribution in [0.2, 0.25) is 54.5 Å². The van der Waals surface area contributed by atoms with E-state index < -0.39 is 49.3 Å². The van der Waals surface area contributed by atoms with Gasteiger partial charge < -0.3 is 0 Å². The minimum absolute atomic E-state index is 0.117. The molecule has 0 saturated carbocycles. The molecule has 0 nitrogen and oxygen atoms in total. The predicted octanol–water partition coefficient (Wildman–Crippen LogP) is 15.0. The van der Waals surface area contributed by atoms with Crippen molar-refractivity contribution < 1.29 is 33.2 Å². The van der Waals surface area contributed by atoms with E-state index in [1.165, 1.54) is 33.4 Å². The fourth-order valence-electron chi connectivity index (χ4n) is 12.8. The number of allylic oxidation sites excluding steroid dienone is 8. The Kier molecular flexibility index (Phi) is 13.8. The van der Waals surface area contributed by atoms with Gasteiger partial charge in [-0.05, 0) is 0 Å². The molecule has 0 saturated heterocycles. The maximum atomic E-state index is 2.66. The van der Waals surface area contributed by atoms with Crippen molar-refractivity contribution in [3.8, 4) is 0 Å². The standard InChI is InChI=1S/2C25H31Si.6CH3.2Ti/c1-17-10-9-11-23(13-17)26(8,24-14-18(2)12-19(3)15-24)25(7)16-20(4)21(5)22(25)6;1-17-13-18(2)15-23(14-17)26(8,24-12-10-9-11-19(24)3)25(7)16-20(4)21(5)22(25)6;;;;;;;;/h2*9-15H,1-8H3;6*1H3;;. The van der Waals surface area contributed by atoms with Gasteiger partial charge in [0.1, 0.15) is 0 Å². The fraction of sp³-hybridized carbons (Fsp3) is 0.429. The van der Waals surface area contributed by atoms with E-state index in [2.05, 4.69) is 226 Å². The molecule has 0 aliphatic heterocycles. The SMILES string of the molecule is CC1=C(C)C(C)([Si](C)(c2cc(C)cc(C)c2)c2ccccc2C)[C]([Ti]([CH3])([CH3])[CH3])=C1C.CC1=C(C)C(C)([Si](C)(c2cccc(C)c2)c2cc(C)cc(C)c2)[C]([Ti]([CH3])([CH3])[CH3])=C1C. The minimum atomic E-state index is -2.19. The molecule has 0 radical (unpaired) electrons. The number of hydrogen-bond acceptors (Lipinski definition) is 0. The summed E-state index contributed by atoms with van der Waals surface area (Å²) >= 11 is -4.27. The number of benzene rings is 4. The van der Waals surface area contributed by atoms with Crippen LogP contribution in [0, 0.1) is 41.5 Å². The van der Waals surface area contributed by atoms with E-state index in [9.17, 15) is 0 Å².